The molecule has 15 heavy (non-hydrogen) atoms. The highest BCUT2D eigenvalue weighted by atomic mass is 32.2. The van der Waals surface area contributed by atoms with Gasteiger partial charge in [-0.15, -0.1) is 11.8 Å². The fraction of sp³-hybridized carbons (Fsp3) is 0.300. The SMILES string of the molecule is CC(CC(=N)N)Sc1ccc(F)c(F)c1. The maximum Gasteiger partial charge on any atom is 0.159 e. The Bertz CT molecular complexity index is 368. The molecule has 0 saturated heterocycles. The van der Waals surface area contributed by atoms with Gasteiger partial charge in [-0.1, -0.05) is 6.92 Å². The molecule has 2 nitrogen and oxygen atoms in total. The zero-order valence-electron chi connectivity index (χ0n) is 8.26. The Hall–Kier alpha value is -1.10. The van der Waals surface area contributed by atoms with Gasteiger partial charge in [-0.3, -0.25) is 5.41 Å². The largest absolute Gasteiger partial charge is 0.388 e. The molecule has 0 aliphatic carbocycles. The number of rotatable bonds is 4. The molecule has 0 amide bonds. The third-order valence-electron chi connectivity index (χ3n) is 1.74. The normalized spacial score (nSPS) is 12.5. The molecule has 0 aliphatic heterocycles. The van der Waals surface area contributed by atoms with Gasteiger partial charge in [0.1, 0.15) is 0 Å². The Morgan fingerprint density at radius 1 is 1.47 bits per heavy atom. The van der Waals surface area contributed by atoms with Crippen molar-refractivity contribution in [3.05, 3.63) is 29.8 Å². The van der Waals surface area contributed by atoms with Crippen LogP contribution in [0.3, 0.4) is 0 Å². The molecule has 1 aromatic carbocycles. The van der Waals surface area contributed by atoms with E-state index in [4.69, 9.17) is 11.1 Å². The molecule has 1 rings (SSSR count). The molecular weight excluding hydrogens is 218 g/mol. The first-order chi connectivity index (χ1) is 6.99. The van der Waals surface area contributed by atoms with Crippen molar-refractivity contribution in [3.8, 4) is 0 Å². The first-order valence-corrected chi connectivity index (χ1v) is 5.31. The summed E-state index contributed by atoms with van der Waals surface area (Å²) in [5.41, 5.74) is 5.24. The fourth-order valence-electron chi connectivity index (χ4n) is 1.13. The van der Waals surface area contributed by atoms with Crippen molar-refractivity contribution >= 4 is 17.6 Å². The lowest BCUT2D eigenvalue weighted by Gasteiger charge is -2.09. The number of hydrogen-bond donors (Lipinski definition) is 2. The first-order valence-electron chi connectivity index (χ1n) is 4.43. The summed E-state index contributed by atoms with van der Waals surface area (Å²) in [7, 11) is 0. The van der Waals surface area contributed by atoms with Crippen LogP contribution in [-0.2, 0) is 0 Å². The van der Waals surface area contributed by atoms with Crippen molar-refractivity contribution in [1.29, 1.82) is 5.41 Å². The molecule has 0 aromatic heterocycles. The van der Waals surface area contributed by atoms with E-state index in [1.54, 1.807) is 0 Å². The molecule has 5 heteroatoms. The Morgan fingerprint density at radius 3 is 2.67 bits per heavy atom. The highest BCUT2D eigenvalue weighted by molar-refractivity contribution is 8.00. The van der Waals surface area contributed by atoms with Gasteiger partial charge in [0, 0.05) is 16.6 Å². The number of halogens is 2. The van der Waals surface area contributed by atoms with E-state index < -0.39 is 11.6 Å². The molecule has 0 radical (unpaired) electrons. The zero-order chi connectivity index (χ0) is 11.4. The van der Waals surface area contributed by atoms with Gasteiger partial charge in [0.25, 0.3) is 0 Å². The predicted molar refractivity (Wildman–Crippen MR) is 58.2 cm³/mol. The highest BCUT2D eigenvalue weighted by Gasteiger charge is 2.08. The van der Waals surface area contributed by atoms with E-state index in [0.717, 1.165) is 12.1 Å². The molecule has 0 bridgehead atoms. The van der Waals surface area contributed by atoms with E-state index in [-0.39, 0.29) is 11.1 Å². The number of nitrogens with two attached hydrogens (primary N) is 1. The molecule has 1 atom stereocenters. The van der Waals surface area contributed by atoms with Crippen LogP contribution in [0.1, 0.15) is 13.3 Å². The third kappa shape index (κ3) is 3.87. The van der Waals surface area contributed by atoms with Gasteiger partial charge < -0.3 is 5.73 Å². The fourth-order valence-corrected chi connectivity index (χ4v) is 2.18. The van der Waals surface area contributed by atoms with Gasteiger partial charge in [-0.05, 0) is 18.2 Å². The second kappa shape index (κ2) is 5.11. The minimum atomic E-state index is -0.852. The van der Waals surface area contributed by atoms with E-state index in [2.05, 4.69) is 0 Å². The Labute approximate surface area is 91.4 Å². The van der Waals surface area contributed by atoms with Crippen LogP contribution in [0.4, 0.5) is 8.78 Å². The summed E-state index contributed by atoms with van der Waals surface area (Å²) < 4.78 is 25.4. The molecule has 3 N–H and O–H groups in total. The predicted octanol–water partition coefficient (Wildman–Crippen LogP) is 2.77. The van der Waals surface area contributed by atoms with Crippen LogP contribution in [0, 0.1) is 17.0 Å². The van der Waals surface area contributed by atoms with Crippen molar-refractivity contribution in [2.75, 3.05) is 0 Å². The zero-order valence-corrected chi connectivity index (χ0v) is 9.07. The molecule has 0 aliphatic rings. The minimum Gasteiger partial charge on any atom is -0.388 e. The van der Waals surface area contributed by atoms with E-state index in [0.29, 0.717) is 11.3 Å². The van der Waals surface area contributed by atoms with Gasteiger partial charge >= 0.3 is 0 Å². The summed E-state index contributed by atoms with van der Waals surface area (Å²) in [6, 6.07) is 3.76. The Balaban J connectivity index is 2.64. The van der Waals surface area contributed by atoms with Crippen LogP contribution in [0.5, 0.6) is 0 Å². The number of hydrogen-bond acceptors (Lipinski definition) is 2. The molecule has 0 fully saturated rings. The molecule has 0 heterocycles. The summed E-state index contributed by atoms with van der Waals surface area (Å²) >= 11 is 1.37. The molecule has 82 valence electrons. The van der Waals surface area contributed by atoms with Gasteiger partial charge in [-0.25, -0.2) is 8.78 Å². The minimum absolute atomic E-state index is 0.0763. The summed E-state index contributed by atoms with van der Waals surface area (Å²) in [6.45, 7) is 1.88. The van der Waals surface area contributed by atoms with Gasteiger partial charge in [0.2, 0.25) is 0 Å². The quantitative estimate of drug-likeness (QED) is 0.474. The van der Waals surface area contributed by atoms with Crippen LogP contribution in [-0.4, -0.2) is 11.1 Å². The molecular formula is C10H12F2N2S. The number of thioether (sulfide) groups is 1. The van der Waals surface area contributed by atoms with Crippen LogP contribution in [0.15, 0.2) is 23.1 Å². The molecule has 1 aromatic rings. The lowest BCUT2D eigenvalue weighted by atomic mass is 10.3. The maximum absolute atomic E-state index is 12.8. The standard InChI is InChI=1S/C10H12F2N2S/c1-6(4-10(13)14)15-7-2-3-8(11)9(12)5-7/h2-3,5-6H,4H2,1H3,(H3,13,14). The number of amidine groups is 1. The highest BCUT2D eigenvalue weighted by Crippen LogP contribution is 2.26. The van der Waals surface area contributed by atoms with Crippen LogP contribution < -0.4 is 5.73 Å². The second-order valence-corrected chi connectivity index (χ2v) is 4.75. The second-order valence-electron chi connectivity index (χ2n) is 3.23. The van der Waals surface area contributed by atoms with Crippen LogP contribution >= 0.6 is 11.8 Å². The molecule has 0 saturated carbocycles. The number of nitrogens with one attached hydrogen (secondary N) is 1. The van der Waals surface area contributed by atoms with Crippen molar-refractivity contribution < 1.29 is 8.78 Å². The van der Waals surface area contributed by atoms with Crippen LogP contribution in [0.25, 0.3) is 0 Å². The maximum atomic E-state index is 12.8. The summed E-state index contributed by atoms with van der Waals surface area (Å²) in [4.78, 5) is 0.641. The first kappa shape index (κ1) is 12.0. The topological polar surface area (TPSA) is 49.9 Å². The van der Waals surface area contributed by atoms with Crippen molar-refractivity contribution in [2.24, 2.45) is 5.73 Å². The van der Waals surface area contributed by atoms with E-state index in [9.17, 15) is 8.78 Å². The number of benzene rings is 1. The van der Waals surface area contributed by atoms with E-state index >= 15 is 0 Å². The molecule has 1 unspecified atom stereocenters. The van der Waals surface area contributed by atoms with Gasteiger partial charge in [-0.2, -0.15) is 0 Å². The van der Waals surface area contributed by atoms with Gasteiger partial charge in [0.05, 0.1) is 5.84 Å². The molecule has 0 spiro atoms. The lowest BCUT2D eigenvalue weighted by Crippen LogP contribution is -2.14. The lowest BCUT2D eigenvalue weighted by molar-refractivity contribution is 0.506. The monoisotopic (exact) mass is 230 g/mol. The van der Waals surface area contributed by atoms with E-state index in [1.807, 2.05) is 6.92 Å². The third-order valence-corrected chi connectivity index (χ3v) is 2.83. The van der Waals surface area contributed by atoms with E-state index in [1.165, 1.54) is 17.8 Å². The van der Waals surface area contributed by atoms with Crippen molar-refractivity contribution in [2.45, 2.75) is 23.5 Å². The summed E-state index contributed by atoms with van der Waals surface area (Å²) in [5, 5.41) is 7.17. The smallest absolute Gasteiger partial charge is 0.159 e. The average Bonchev–Trinajstić information content (AvgIpc) is 2.10. The van der Waals surface area contributed by atoms with Crippen LogP contribution in [0.2, 0.25) is 0 Å². The van der Waals surface area contributed by atoms with Crippen molar-refractivity contribution in [1.82, 2.24) is 0 Å². The summed E-state index contributed by atoms with van der Waals surface area (Å²) in [5.74, 6) is -1.61. The van der Waals surface area contributed by atoms with Gasteiger partial charge in [0.15, 0.2) is 11.6 Å². The average molecular weight is 230 g/mol. The Morgan fingerprint density at radius 2 is 2.13 bits per heavy atom. The summed E-state index contributed by atoms with van der Waals surface area (Å²) in [6.07, 6.45) is 0.434. The Kier molecular flexibility index (Phi) is 4.08. The van der Waals surface area contributed by atoms with Crippen molar-refractivity contribution in [3.63, 3.8) is 0 Å².